The normalized spacial score (nSPS) is 11.5. The number of benzene rings is 3. The standard InChI is InChI=1S/C24H19F3N2O2S/c25-24(26,27)31-19-9-6-16(7-10-19)12-13-28-22(30)15-23-29-20-11-8-18(14-21(20)32-23)17-4-2-1-3-5-17/h1-11,14H,12-13,15H2,(H,28,30). The molecular weight excluding hydrogens is 437 g/mol. The highest BCUT2D eigenvalue weighted by atomic mass is 32.1. The van der Waals surface area contributed by atoms with E-state index in [1.54, 1.807) is 12.1 Å². The lowest BCUT2D eigenvalue weighted by atomic mass is 10.1. The van der Waals surface area contributed by atoms with Crippen LogP contribution < -0.4 is 10.1 Å². The molecule has 4 nitrogen and oxygen atoms in total. The van der Waals surface area contributed by atoms with E-state index in [0.717, 1.165) is 31.9 Å². The number of nitrogens with zero attached hydrogens (tertiary/aromatic N) is 1. The zero-order valence-corrected chi connectivity index (χ0v) is 17.7. The lowest BCUT2D eigenvalue weighted by Gasteiger charge is -2.09. The number of halogens is 3. The number of aromatic nitrogens is 1. The van der Waals surface area contributed by atoms with Crippen LogP contribution in [0, 0.1) is 0 Å². The first kappa shape index (κ1) is 21.8. The molecule has 1 N–H and O–H groups in total. The number of thiazole rings is 1. The van der Waals surface area contributed by atoms with Crippen molar-refractivity contribution in [2.75, 3.05) is 6.54 Å². The lowest BCUT2D eigenvalue weighted by Crippen LogP contribution is -2.27. The van der Waals surface area contributed by atoms with E-state index in [9.17, 15) is 18.0 Å². The summed E-state index contributed by atoms with van der Waals surface area (Å²) in [5, 5.41) is 3.56. The summed E-state index contributed by atoms with van der Waals surface area (Å²) in [5.74, 6) is -0.416. The molecule has 164 valence electrons. The van der Waals surface area contributed by atoms with Gasteiger partial charge in [0.1, 0.15) is 10.8 Å². The SMILES string of the molecule is O=C(Cc1nc2ccc(-c3ccccc3)cc2s1)NCCc1ccc(OC(F)(F)F)cc1. The van der Waals surface area contributed by atoms with Gasteiger partial charge in [-0.2, -0.15) is 0 Å². The number of ether oxygens (including phenoxy) is 1. The second-order valence-corrected chi connectivity index (χ2v) is 8.24. The zero-order valence-electron chi connectivity index (χ0n) is 16.9. The Balaban J connectivity index is 1.30. The fourth-order valence-electron chi connectivity index (χ4n) is 3.26. The van der Waals surface area contributed by atoms with Gasteiger partial charge in [-0.25, -0.2) is 4.98 Å². The summed E-state index contributed by atoms with van der Waals surface area (Å²) in [6.07, 6.45) is -4.03. The summed E-state index contributed by atoms with van der Waals surface area (Å²) in [4.78, 5) is 16.8. The number of alkyl halides is 3. The van der Waals surface area contributed by atoms with Crippen molar-refractivity contribution in [1.29, 1.82) is 0 Å². The van der Waals surface area contributed by atoms with Crippen molar-refractivity contribution in [3.05, 3.63) is 83.4 Å². The molecule has 0 aliphatic rings. The third-order valence-corrected chi connectivity index (χ3v) is 5.76. The van der Waals surface area contributed by atoms with Crippen molar-refractivity contribution in [2.45, 2.75) is 19.2 Å². The molecule has 0 radical (unpaired) electrons. The van der Waals surface area contributed by atoms with Crippen molar-refractivity contribution in [1.82, 2.24) is 10.3 Å². The number of fused-ring (bicyclic) bond motifs is 1. The topological polar surface area (TPSA) is 51.2 Å². The predicted molar refractivity (Wildman–Crippen MR) is 119 cm³/mol. The van der Waals surface area contributed by atoms with Gasteiger partial charge in [0.05, 0.1) is 16.6 Å². The van der Waals surface area contributed by atoms with Crippen LogP contribution in [0.5, 0.6) is 5.75 Å². The van der Waals surface area contributed by atoms with Crippen LogP contribution in [0.1, 0.15) is 10.6 Å². The third kappa shape index (κ3) is 5.85. The van der Waals surface area contributed by atoms with Gasteiger partial charge in [-0.3, -0.25) is 4.79 Å². The van der Waals surface area contributed by atoms with Crippen LogP contribution in [0.3, 0.4) is 0 Å². The number of amides is 1. The van der Waals surface area contributed by atoms with Crippen molar-refractivity contribution in [3.8, 4) is 16.9 Å². The molecule has 0 saturated carbocycles. The molecule has 8 heteroatoms. The fourth-order valence-corrected chi connectivity index (χ4v) is 4.27. The van der Waals surface area contributed by atoms with E-state index in [-0.39, 0.29) is 18.1 Å². The van der Waals surface area contributed by atoms with Crippen molar-refractivity contribution >= 4 is 27.5 Å². The molecule has 0 fully saturated rings. The van der Waals surface area contributed by atoms with Gasteiger partial charge in [-0.1, -0.05) is 48.5 Å². The van der Waals surface area contributed by atoms with Crippen LogP contribution in [-0.2, 0) is 17.6 Å². The van der Waals surface area contributed by atoms with Crippen LogP contribution in [0.25, 0.3) is 21.3 Å². The second kappa shape index (κ2) is 9.40. The minimum Gasteiger partial charge on any atom is -0.406 e. The van der Waals surface area contributed by atoms with Gasteiger partial charge in [0.25, 0.3) is 0 Å². The van der Waals surface area contributed by atoms with Crippen molar-refractivity contribution < 1.29 is 22.7 Å². The molecule has 1 aromatic heterocycles. The van der Waals surface area contributed by atoms with E-state index in [1.165, 1.54) is 23.5 Å². The Morgan fingerprint density at radius 3 is 2.44 bits per heavy atom. The minimum absolute atomic E-state index is 0.149. The molecule has 0 saturated heterocycles. The molecule has 3 aromatic carbocycles. The van der Waals surface area contributed by atoms with E-state index in [2.05, 4.69) is 21.1 Å². The molecule has 1 amide bonds. The Kier molecular flexibility index (Phi) is 6.41. The Labute approximate surface area is 186 Å². The highest BCUT2D eigenvalue weighted by molar-refractivity contribution is 7.18. The number of carbonyl (C=O) groups is 1. The van der Waals surface area contributed by atoms with E-state index >= 15 is 0 Å². The number of carbonyl (C=O) groups excluding carboxylic acids is 1. The molecule has 0 bridgehead atoms. The summed E-state index contributed by atoms with van der Waals surface area (Å²) in [6, 6.07) is 21.7. The number of nitrogens with one attached hydrogen (secondary N) is 1. The maximum absolute atomic E-state index is 12.3. The first-order valence-corrected chi connectivity index (χ1v) is 10.7. The maximum atomic E-state index is 12.3. The molecule has 0 spiro atoms. The molecule has 4 rings (SSSR count). The summed E-state index contributed by atoms with van der Waals surface area (Å²) in [6.45, 7) is 0.376. The Morgan fingerprint density at radius 2 is 1.72 bits per heavy atom. The van der Waals surface area contributed by atoms with Crippen LogP contribution in [0.15, 0.2) is 72.8 Å². The molecular formula is C24H19F3N2O2S. The monoisotopic (exact) mass is 456 g/mol. The quantitative estimate of drug-likeness (QED) is 0.385. The highest BCUT2D eigenvalue weighted by Crippen LogP contribution is 2.28. The Bertz CT molecular complexity index is 1210. The van der Waals surface area contributed by atoms with Crippen molar-refractivity contribution in [3.63, 3.8) is 0 Å². The Morgan fingerprint density at radius 1 is 0.969 bits per heavy atom. The van der Waals surface area contributed by atoms with E-state index in [1.807, 2.05) is 42.5 Å². The summed E-state index contributed by atoms with van der Waals surface area (Å²) < 4.78 is 41.5. The van der Waals surface area contributed by atoms with Gasteiger partial charge in [-0.15, -0.1) is 24.5 Å². The molecule has 1 heterocycles. The van der Waals surface area contributed by atoms with Gasteiger partial charge in [-0.05, 0) is 47.4 Å². The highest BCUT2D eigenvalue weighted by Gasteiger charge is 2.30. The molecule has 0 aliphatic heterocycles. The Hall–Kier alpha value is -3.39. The van der Waals surface area contributed by atoms with Gasteiger partial charge in [0.2, 0.25) is 5.91 Å². The van der Waals surface area contributed by atoms with E-state index in [4.69, 9.17) is 0 Å². The summed E-state index contributed by atoms with van der Waals surface area (Å²) in [7, 11) is 0. The molecule has 4 aromatic rings. The molecule has 0 atom stereocenters. The number of rotatable bonds is 7. The van der Waals surface area contributed by atoms with Gasteiger partial charge in [0.15, 0.2) is 0 Å². The second-order valence-electron chi connectivity index (χ2n) is 7.12. The van der Waals surface area contributed by atoms with Crippen molar-refractivity contribution in [2.24, 2.45) is 0 Å². The van der Waals surface area contributed by atoms with Gasteiger partial charge in [0, 0.05) is 6.54 Å². The number of hydrogen-bond acceptors (Lipinski definition) is 4. The van der Waals surface area contributed by atoms with Crippen LogP contribution in [-0.4, -0.2) is 23.8 Å². The predicted octanol–water partition coefficient (Wildman–Crippen LogP) is 5.76. The van der Waals surface area contributed by atoms with Crippen LogP contribution in [0.2, 0.25) is 0 Å². The lowest BCUT2D eigenvalue weighted by molar-refractivity contribution is -0.274. The molecule has 0 aliphatic carbocycles. The van der Waals surface area contributed by atoms with E-state index < -0.39 is 6.36 Å². The smallest absolute Gasteiger partial charge is 0.406 e. The first-order chi connectivity index (χ1) is 15.4. The average molecular weight is 456 g/mol. The molecule has 0 unspecified atom stereocenters. The zero-order chi connectivity index (χ0) is 22.6. The minimum atomic E-state index is -4.71. The maximum Gasteiger partial charge on any atom is 0.573 e. The van der Waals surface area contributed by atoms with Gasteiger partial charge >= 0.3 is 6.36 Å². The summed E-state index contributed by atoms with van der Waals surface area (Å²) >= 11 is 1.49. The van der Waals surface area contributed by atoms with Crippen LogP contribution >= 0.6 is 11.3 Å². The largest absolute Gasteiger partial charge is 0.573 e. The van der Waals surface area contributed by atoms with E-state index in [0.29, 0.717) is 13.0 Å². The average Bonchev–Trinajstić information content (AvgIpc) is 3.16. The number of hydrogen-bond donors (Lipinski definition) is 1. The summed E-state index contributed by atoms with van der Waals surface area (Å²) in [5.41, 5.74) is 3.89. The fraction of sp³-hybridized carbons (Fsp3) is 0.167. The first-order valence-electron chi connectivity index (χ1n) is 9.92. The third-order valence-electron chi connectivity index (χ3n) is 4.74. The van der Waals surface area contributed by atoms with Gasteiger partial charge < -0.3 is 10.1 Å². The molecule has 32 heavy (non-hydrogen) atoms. The van der Waals surface area contributed by atoms with Crippen LogP contribution in [0.4, 0.5) is 13.2 Å².